The molecule has 3 rings (SSSR count). The summed E-state index contributed by atoms with van der Waals surface area (Å²) in [4.78, 5) is 0. The Hall–Kier alpha value is -2.51. The molecule has 1 aromatic heterocycles. The van der Waals surface area contributed by atoms with Gasteiger partial charge in [-0.15, -0.1) is 0 Å². The second-order valence-electron chi connectivity index (χ2n) is 5.26. The molecule has 24 heavy (non-hydrogen) atoms. The number of nitrogens with one attached hydrogen (secondary N) is 2. The smallest absolute Gasteiger partial charge is 0.215 e. The lowest BCUT2D eigenvalue weighted by atomic mass is 10.2. The van der Waals surface area contributed by atoms with E-state index < -0.39 is 0 Å². The van der Waals surface area contributed by atoms with Gasteiger partial charge in [-0.3, -0.25) is 10.2 Å². The molecule has 0 unspecified atom stereocenters. The molecule has 2 N–H and O–H groups in total. The molecule has 0 fully saturated rings. The summed E-state index contributed by atoms with van der Waals surface area (Å²) in [7, 11) is 0. The lowest BCUT2D eigenvalue weighted by Gasteiger charge is -2.06. The molecule has 0 radical (unpaired) electrons. The molecule has 1 heterocycles. The molecule has 3 aromatic rings. The molecule has 0 amide bonds. The molecular weight excluding hydrogens is 340 g/mol. The predicted octanol–water partition coefficient (Wildman–Crippen LogP) is 4.37. The van der Waals surface area contributed by atoms with E-state index in [2.05, 4.69) is 46.5 Å². The summed E-state index contributed by atoms with van der Waals surface area (Å²) in [6.45, 7) is 2.61. The van der Waals surface area contributed by atoms with Crippen LogP contribution in [0, 0.1) is 16.5 Å². The lowest BCUT2D eigenvalue weighted by molar-refractivity contribution is 0.306. The van der Waals surface area contributed by atoms with Gasteiger partial charge in [0.05, 0.1) is 6.21 Å². The SMILES string of the molecule is Cc1ccc(COc2ccc(/C=N\n3c(=S)[nH][nH]c3=S)cc2)cc1. The molecule has 7 heteroatoms. The summed E-state index contributed by atoms with van der Waals surface area (Å²) >= 11 is 10.1. The lowest BCUT2D eigenvalue weighted by Crippen LogP contribution is -1.96. The molecule has 122 valence electrons. The second-order valence-corrected chi connectivity index (χ2v) is 6.03. The minimum absolute atomic E-state index is 0.425. The Morgan fingerprint density at radius 2 is 1.62 bits per heavy atom. The number of hydrogen-bond donors (Lipinski definition) is 2. The highest BCUT2D eigenvalue weighted by Crippen LogP contribution is 2.14. The Balaban J connectivity index is 1.64. The summed E-state index contributed by atoms with van der Waals surface area (Å²) in [5.41, 5.74) is 3.31. The normalized spacial score (nSPS) is 11.0. The molecule has 0 bridgehead atoms. The van der Waals surface area contributed by atoms with E-state index in [1.807, 2.05) is 24.3 Å². The first-order valence-corrected chi connectivity index (χ1v) is 8.16. The van der Waals surface area contributed by atoms with E-state index in [1.165, 1.54) is 10.2 Å². The Morgan fingerprint density at radius 1 is 1.00 bits per heavy atom. The Labute approximate surface area is 149 Å². The van der Waals surface area contributed by atoms with Crippen molar-refractivity contribution in [3.05, 3.63) is 74.8 Å². The maximum atomic E-state index is 5.78. The third-order valence-electron chi connectivity index (χ3n) is 3.39. The quantitative estimate of drug-likeness (QED) is 0.527. The number of aromatic amines is 2. The van der Waals surface area contributed by atoms with E-state index in [0.29, 0.717) is 16.1 Å². The Morgan fingerprint density at radius 3 is 2.25 bits per heavy atom. The maximum Gasteiger partial charge on any atom is 0.215 e. The van der Waals surface area contributed by atoms with E-state index in [4.69, 9.17) is 29.2 Å². The van der Waals surface area contributed by atoms with Gasteiger partial charge >= 0.3 is 0 Å². The van der Waals surface area contributed by atoms with Gasteiger partial charge in [0.15, 0.2) is 0 Å². The van der Waals surface area contributed by atoms with Gasteiger partial charge in [0.25, 0.3) is 0 Å². The number of aromatic nitrogens is 3. The minimum atomic E-state index is 0.425. The van der Waals surface area contributed by atoms with Crippen molar-refractivity contribution in [1.29, 1.82) is 0 Å². The predicted molar refractivity (Wildman–Crippen MR) is 99.7 cm³/mol. The minimum Gasteiger partial charge on any atom is -0.489 e. The number of rotatable bonds is 5. The van der Waals surface area contributed by atoms with E-state index in [9.17, 15) is 0 Å². The van der Waals surface area contributed by atoms with E-state index in [0.717, 1.165) is 16.9 Å². The number of nitrogens with zero attached hydrogens (tertiary/aromatic N) is 2. The molecule has 0 spiro atoms. The molecule has 0 aliphatic carbocycles. The number of hydrogen-bond acceptors (Lipinski definition) is 4. The van der Waals surface area contributed by atoms with Gasteiger partial charge < -0.3 is 4.74 Å². The second kappa shape index (κ2) is 7.37. The topological polar surface area (TPSA) is 58.1 Å². The van der Waals surface area contributed by atoms with Gasteiger partial charge in [0.1, 0.15) is 12.4 Å². The zero-order chi connectivity index (χ0) is 16.9. The summed E-state index contributed by atoms with van der Waals surface area (Å²) in [5, 5.41) is 9.71. The average molecular weight is 356 g/mol. The van der Waals surface area contributed by atoms with Gasteiger partial charge in [-0.05, 0) is 66.8 Å². The van der Waals surface area contributed by atoms with Crippen molar-refractivity contribution in [1.82, 2.24) is 14.9 Å². The van der Waals surface area contributed by atoms with Crippen LogP contribution in [-0.2, 0) is 6.61 Å². The van der Waals surface area contributed by atoms with Crippen molar-refractivity contribution < 1.29 is 4.74 Å². The molecule has 0 aliphatic rings. The van der Waals surface area contributed by atoms with Crippen LogP contribution in [0.2, 0.25) is 0 Å². The van der Waals surface area contributed by atoms with Crippen molar-refractivity contribution in [3.8, 4) is 5.75 Å². The van der Waals surface area contributed by atoms with Crippen LogP contribution in [0.4, 0.5) is 0 Å². The zero-order valence-electron chi connectivity index (χ0n) is 13.0. The highest BCUT2D eigenvalue weighted by molar-refractivity contribution is 7.72. The molecular formula is C17H16N4OS2. The van der Waals surface area contributed by atoms with E-state index >= 15 is 0 Å². The first-order chi connectivity index (χ1) is 11.6. The molecule has 0 saturated carbocycles. The van der Waals surface area contributed by atoms with Gasteiger partial charge in [-0.1, -0.05) is 29.8 Å². The van der Waals surface area contributed by atoms with Gasteiger partial charge in [-0.2, -0.15) is 9.78 Å². The molecule has 0 saturated heterocycles. The van der Waals surface area contributed by atoms with Crippen LogP contribution in [0.5, 0.6) is 5.75 Å². The van der Waals surface area contributed by atoms with Crippen LogP contribution in [0.15, 0.2) is 53.6 Å². The van der Waals surface area contributed by atoms with E-state index in [1.54, 1.807) is 6.21 Å². The van der Waals surface area contributed by atoms with Gasteiger partial charge in [0.2, 0.25) is 9.54 Å². The summed E-state index contributed by atoms with van der Waals surface area (Å²) < 4.78 is 8.08. The molecule has 0 atom stereocenters. The van der Waals surface area contributed by atoms with Gasteiger partial charge in [0, 0.05) is 0 Å². The van der Waals surface area contributed by atoms with Crippen molar-refractivity contribution in [2.45, 2.75) is 13.5 Å². The monoisotopic (exact) mass is 356 g/mol. The average Bonchev–Trinajstić information content (AvgIpc) is 2.92. The van der Waals surface area contributed by atoms with Crippen LogP contribution in [0.3, 0.4) is 0 Å². The first kappa shape index (κ1) is 16.4. The van der Waals surface area contributed by atoms with Crippen molar-refractivity contribution in [3.63, 3.8) is 0 Å². The van der Waals surface area contributed by atoms with E-state index in [-0.39, 0.29) is 0 Å². The van der Waals surface area contributed by atoms with Crippen LogP contribution in [0.1, 0.15) is 16.7 Å². The summed E-state index contributed by atoms with van der Waals surface area (Å²) in [6.07, 6.45) is 1.69. The fraction of sp³-hybridized carbons (Fsp3) is 0.118. The largest absolute Gasteiger partial charge is 0.489 e. The first-order valence-electron chi connectivity index (χ1n) is 7.34. The highest BCUT2D eigenvalue weighted by Gasteiger charge is 1.97. The number of H-pyrrole nitrogens is 2. The number of aryl methyl sites for hydroxylation is 1. The standard InChI is InChI=1S/C17H16N4OS2/c1-12-2-4-14(5-3-12)11-22-15-8-6-13(7-9-15)10-18-21-16(23)19-20-17(21)24/h2-10H,11H2,1H3,(H,19,23)(H,20,24)/b18-10-. The molecule has 2 aromatic carbocycles. The fourth-order valence-corrected chi connectivity index (χ4v) is 2.47. The van der Waals surface area contributed by atoms with Crippen LogP contribution >= 0.6 is 24.4 Å². The van der Waals surface area contributed by atoms with Gasteiger partial charge in [-0.25, -0.2) is 0 Å². The maximum absolute atomic E-state index is 5.78. The summed E-state index contributed by atoms with van der Waals surface area (Å²) in [5.74, 6) is 0.809. The summed E-state index contributed by atoms with van der Waals surface area (Å²) in [6, 6.07) is 16.0. The molecule has 5 nitrogen and oxygen atoms in total. The molecule has 0 aliphatic heterocycles. The highest BCUT2D eigenvalue weighted by atomic mass is 32.1. The Bertz CT molecular complexity index is 922. The van der Waals surface area contributed by atoms with Crippen LogP contribution in [-0.4, -0.2) is 21.1 Å². The number of ether oxygens (including phenoxy) is 1. The third-order valence-corrected chi connectivity index (χ3v) is 3.94. The van der Waals surface area contributed by atoms with Crippen molar-refractivity contribution >= 4 is 30.7 Å². The Kier molecular flexibility index (Phi) is 5.02. The third kappa shape index (κ3) is 4.06. The van der Waals surface area contributed by atoms with Crippen LogP contribution in [0.25, 0.3) is 0 Å². The van der Waals surface area contributed by atoms with Crippen molar-refractivity contribution in [2.75, 3.05) is 0 Å². The number of benzene rings is 2. The fourth-order valence-electron chi connectivity index (χ4n) is 2.04. The van der Waals surface area contributed by atoms with Crippen molar-refractivity contribution in [2.24, 2.45) is 5.10 Å². The van der Waals surface area contributed by atoms with Crippen LogP contribution < -0.4 is 4.74 Å². The zero-order valence-corrected chi connectivity index (χ0v) is 14.7.